The fourth-order valence-corrected chi connectivity index (χ4v) is 7.68. The molecule has 7 nitrogen and oxygen atoms in total. The van der Waals surface area contributed by atoms with Gasteiger partial charge in [-0.15, -0.1) is 0 Å². The quantitative estimate of drug-likeness (QED) is 0.360. The van der Waals surface area contributed by atoms with Gasteiger partial charge in [-0.3, -0.25) is 4.90 Å². The van der Waals surface area contributed by atoms with E-state index >= 15 is 8.78 Å². The standard InChI is InChI=1S/C30H31F3N6O/c31-21-4-1-5-23-24(21)20(13-34-23)25-22(32)12-19-27(26(25)33)36-29(40-16-30-8-2-10-39(30)11-3-9-30)37-28(19)38-14-17-6-7-18(15-38)35-17/h1,4-5,12-13,17-18,34-35H,2-3,6-11,14-16H2/t17-,18+. The van der Waals surface area contributed by atoms with Crippen molar-refractivity contribution in [2.45, 2.75) is 56.1 Å². The molecule has 0 amide bonds. The number of fused-ring (bicyclic) bond motifs is 5. The van der Waals surface area contributed by atoms with E-state index in [9.17, 15) is 4.39 Å². The van der Waals surface area contributed by atoms with Gasteiger partial charge in [-0.2, -0.15) is 9.97 Å². The van der Waals surface area contributed by atoms with Crippen LogP contribution in [0.5, 0.6) is 6.01 Å². The van der Waals surface area contributed by atoms with E-state index in [1.54, 1.807) is 12.1 Å². The zero-order valence-corrected chi connectivity index (χ0v) is 22.2. The number of H-pyrrole nitrogens is 1. The summed E-state index contributed by atoms with van der Waals surface area (Å²) >= 11 is 0. The third-order valence-corrected chi connectivity index (χ3v) is 9.56. The van der Waals surface area contributed by atoms with Crippen LogP contribution >= 0.6 is 0 Å². The fourth-order valence-electron chi connectivity index (χ4n) is 7.68. The van der Waals surface area contributed by atoms with Crippen LogP contribution in [0.1, 0.15) is 38.5 Å². The summed E-state index contributed by atoms with van der Waals surface area (Å²) in [6.07, 6.45) is 7.96. The molecule has 0 radical (unpaired) electrons. The van der Waals surface area contributed by atoms with E-state index < -0.39 is 17.5 Å². The van der Waals surface area contributed by atoms with E-state index in [0.29, 0.717) is 48.5 Å². The number of halogens is 3. The van der Waals surface area contributed by atoms with Crippen molar-refractivity contribution in [2.75, 3.05) is 37.7 Å². The van der Waals surface area contributed by atoms with E-state index in [2.05, 4.69) is 25.1 Å². The molecule has 2 aromatic carbocycles. The summed E-state index contributed by atoms with van der Waals surface area (Å²) in [5.41, 5.74) is 0.242. The van der Waals surface area contributed by atoms with Gasteiger partial charge in [0.05, 0.1) is 11.1 Å². The lowest BCUT2D eigenvalue weighted by molar-refractivity contribution is 0.108. The van der Waals surface area contributed by atoms with Crippen LogP contribution in [0.4, 0.5) is 19.0 Å². The van der Waals surface area contributed by atoms with E-state index in [-0.39, 0.29) is 33.6 Å². The number of anilines is 1. The molecular formula is C30H31F3N6O. The molecule has 0 spiro atoms. The Morgan fingerprint density at radius 2 is 1.77 bits per heavy atom. The number of aromatic nitrogens is 3. The molecule has 8 rings (SSSR count). The zero-order valence-electron chi connectivity index (χ0n) is 22.2. The molecule has 40 heavy (non-hydrogen) atoms. The topological polar surface area (TPSA) is 69.3 Å². The van der Waals surface area contributed by atoms with Crippen molar-refractivity contribution in [3.05, 3.63) is 47.9 Å². The summed E-state index contributed by atoms with van der Waals surface area (Å²) in [6.45, 7) is 3.95. The van der Waals surface area contributed by atoms with Crippen LogP contribution in [0.2, 0.25) is 0 Å². The Hall–Kier alpha value is -3.37. The SMILES string of the molecule is Fc1cc2c(N3C[C@H]4CC[C@@H](C3)N4)nc(OCC34CCCN3CCC4)nc2c(F)c1-c1c[nH]c2cccc(F)c12. The minimum Gasteiger partial charge on any atom is -0.461 e. The third-order valence-electron chi connectivity index (χ3n) is 9.56. The highest BCUT2D eigenvalue weighted by Crippen LogP contribution is 2.41. The zero-order chi connectivity index (χ0) is 27.0. The third kappa shape index (κ3) is 3.72. The van der Waals surface area contributed by atoms with Crippen molar-refractivity contribution in [3.8, 4) is 17.1 Å². The molecule has 0 saturated carbocycles. The average Bonchev–Trinajstić information content (AvgIpc) is 3.71. The van der Waals surface area contributed by atoms with Gasteiger partial charge in [-0.25, -0.2) is 13.2 Å². The van der Waals surface area contributed by atoms with E-state index in [1.165, 1.54) is 18.3 Å². The normalized spacial score (nSPS) is 23.9. The maximum absolute atomic E-state index is 16.4. The summed E-state index contributed by atoms with van der Waals surface area (Å²) in [4.78, 5) is 16.8. The lowest BCUT2D eigenvalue weighted by atomic mass is 9.95. The van der Waals surface area contributed by atoms with Crippen molar-refractivity contribution in [1.82, 2.24) is 25.2 Å². The largest absolute Gasteiger partial charge is 0.461 e. The Balaban J connectivity index is 1.27. The first-order valence-corrected chi connectivity index (χ1v) is 14.3. The molecule has 4 aliphatic heterocycles. The molecule has 4 aromatic rings. The highest BCUT2D eigenvalue weighted by Gasteiger charge is 2.45. The maximum atomic E-state index is 16.4. The van der Waals surface area contributed by atoms with Crippen LogP contribution < -0.4 is 15.0 Å². The highest BCUT2D eigenvalue weighted by atomic mass is 19.1. The smallest absolute Gasteiger partial charge is 0.319 e. The minimum absolute atomic E-state index is 0.0137. The Kier molecular flexibility index (Phi) is 5.54. The van der Waals surface area contributed by atoms with Crippen LogP contribution in [0.25, 0.3) is 32.9 Å². The van der Waals surface area contributed by atoms with E-state index in [4.69, 9.17) is 9.72 Å². The minimum atomic E-state index is -0.840. The summed E-state index contributed by atoms with van der Waals surface area (Å²) in [6, 6.07) is 6.54. The van der Waals surface area contributed by atoms with E-state index in [0.717, 1.165) is 51.6 Å². The average molecular weight is 549 g/mol. The van der Waals surface area contributed by atoms with Crippen LogP contribution in [0.3, 0.4) is 0 Å². The first-order valence-electron chi connectivity index (χ1n) is 14.3. The number of piperazine rings is 1. The maximum Gasteiger partial charge on any atom is 0.319 e. The number of ether oxygens (including phenoxy) is 1. The second-order valence-electron chi connectivity index (χ2n) is 11.9. The number of aromatic amines is 1. The molecule has 10 heteroatoms. The fraction of sp³-hybridized carbons (Fsp3) is 0.467. The van der Waals surface area contributed by atoms with Gasteiger partial charge in [0.1, 0.15) is 29.6 Å². The first-order chi connectivity index (χ1) is 19.5. The summed E-state index contributed by atoms with van der Waals surface area (Å²) in [5, 5.41) is 4.05. The molecule has 2 atom stereocenters. The molecule has 0 unspecified atom stereocenters. The van der Waals surface area contributed by atoms with Gasteiger partial charge in [0.2, 0.25) is 0 Å². The molecule has 6 heterocycles. The summed E-state index contributed by atoms with van der Waals surface area (Å²) < 4.78 is 53.4. The van der Waals surface area contributed by atoms with Gasteiger partial charge < -0.3 is 19.9 Å². The van der Waals surface area contributed by atoms with Crippen molar-refractivity contribution >= 4 is 27.6 Å². The number of nitrogens with zero attached hydrogens (tertiary/aromatic N) is 4. The highest BCUT2D eigenvalue weighted by molar-refractivity contribution is 6.00. The Morgan fingerprint density at radius 1 is 1.00 bits per heavy atom. The van der Waals surface area contributed by atoms with Gasteiger partial charge >= 0.3 is 6.01 Å². The lowest BCUT2D eigenvalue weighted by Crippen LogP contribution is -2.51. The van der Waals surface area contributed by atoms with Gasteiger partial charge in [0.25, 0.3) is 0 Å². The van der Waals surface area contributed by atoms with Gasteiger partial charge in [-0.1, -0.05) is 6.07 Å². The van der Waals surface area contributed by atoms with Crippen LogP contribution in [0.15, 0.2) is 30.5 Å². The second kappa shape index (κ2) is 9.07. The molecule has 0 aliphatic carbocycles. The van der Waals surface area contributed by atoms with Crippen molar-refractivity contribution < 1.29 is 17.9 Å². The predicted octanol–water partition coefficient (Wildman–Crippen LogP) is 5.14. The second-order valence-corrected chi connectivity index (χ2v) is 11.9. The van der Waals surface area contributed by atoms with Crippen molar-refractivity contribution in [2.24, 2.45) is 0 Å². The van der Waals surface area contributed by atoms with E-state index in [1.807, 2.05) is 0 Å². The number of rotatable bonds is 5. The number of hydrogen-bond donors (Lipinski definition) is 2. The van der Waals surface area contributed by atoms with Crippen molar-refractivity contribution in [3.63, 3.8) is 0 Å². The van der Waals surface area contributed by atoms with Gasteiger partial charge in [0, 0.05) is 53.2 Å². The lowest BCUT2D eigenvalue weighted by Gasteiger charge is -2.34. The van der Waals surface area contributed by atoms with Crippen molar-refractivity contribution in [1.29, 1.82) is 0 Å². The molecule has 208 valence electrons. The first kappa shape index (κ1) is 24.4. The molecular weight excluding hydrogens is 517 g/mol. The number of hydrogen-bond acceptors (Lipinski definition) is 6. The Bertz CT molecular complexity index is 1620. The monoisotopic (exact) mass is 548 g/mol. The summed E-state index contributed by atoms with van der Waals surface area (Å²) in [7, 11) is 0. The molecule has 4 saturated heterocycles. The number of benzene rings is 2. The molecule has 2 N–H and O–H groups in total. The summed E-state index contributed by atoms with van der Waals surface area (Å²) in [5.74, 6) is -1.68. The van der Waals surface area contributed by atoms with Gasteiger partial charge in [-0.05, 0) is 69.8 Å². The molecule has 4 aliphatic rings. The van der Waals surface area contributed by atoms with Gasteiger partial charge in [0.15, 0.2) is 5.82 Å². The van der Waals surface area contributed by atoms with Crippen LogP contribution in [0, 0.1) is 17.5 Å². The van der Waals surface area contributed by atoms with Crippen LogP contribution in [-0.2, 0) is 0 Å². The predicted molar refractivity (Wildman–Crippen MR) is 147 cm³/mol. The molecule has 2 bridgehead atoms. The Morgan fingerprint density at radius 3 is 2.55 bits per heavy atom. The van der Waals surface area contributed by atoms with Crippen LogP contribution in [-0.4, -0.2) is 70.3 Å². The number of nitrogens with one attached hydrogen (secondary N) is 2. The molecule has 2 aromatic heterocycles. The Labute approximate surface area is 229 Å². The molecule has 4 fully saturated rings.